The molecule has 154 valence electrons. The van der Waals surface area contributed by atoms with E-state index < -0.39 is 23.7 Å². The zero-order valence-electron chi connectivity index (χ0n) is 15.9. The van der Waals surface area contributed by atoms with Crippen LogP contribution in [0.2, 0.25) is 5.02 Å². The summed E-state index contributed by atoms with van der Waals surface area (Å²) in [5, 5.41) is 12.3. The number of pyridine rings is 1. The Morgan fingerprint density at radius 3 is 2.53 bits per heavy atom. The highest BCUT2D eigenvalue weighted by Gasteiger charge is 2.22. The molecule has 1 heterocycles. The number of carbonyl (C=O) groups excluding carboxylic acids is 1. The minimum Gasteiger partial charge on any atom is -0.481 e. The molecular weight excluding hydrogens is 411 g/mol. The van der Waals surface area contributed by atoms with Crippen LogP contribution in [-0.4, -0.2) is 29.1 Å². The van der Waals surface area contributed by atoms with Crippen molar-refractivity contribution in [2.75, 3.05) is 7.11 Å². The number of carbonyl (C=O) groups is 2. The van der Waals surface area contributed by atoms with Gasteiger partial charge in [-0.3, -0.25) is 9.59 Å². The summed E-state index contributed by atoms with van der Waals surface area (Å²) in [5.41, 5.74) is 1.80. The van der Waals surface area contributed by atoms with Crippen LogP contribution in [0.5, 0.6) is 5.88 Å². The van der Waals surface area contributed by atoms with Gasteiger partial charge >= 0.3 is 5.97 Å². The van der Waals surface area contributed by atoms with Crippen molar-refractivity contribution in [3.8, 4) is 17.0 Å². The van der Waals surface area contributed by atoms with Crippen molar-refractivity contribution in [1.29, 1.82) is 0 Å². The van der Waals surface area contributed by atoms with E-state index in [1.165, 1.54) is 25.4 Å². The predicted octanol–water partition coefficient (Wildman–Crippen LogP) is 4.50. The van der Waals surface area contributed by atoms with Crippen molar-refractivity contribution in [2.24, 2.45) is 0 Å². The molecule has 0 aliphatic rings. The van der Waals surface area contributed by atoms with Gasteiger partial charge in [-0.2, -0.15) is 0 Å². The molecule has 3 aromatic rings. The molecule has 0 saturated heterocycles. The average molecular weight is 429 g/mol. The number of carboxylic acids is 1. The second-order valence-electron chi connectivity index (χ2n) is 6.43. The first kappa shape index (κ1) is 21.3. The van der Waals surface area contributed by atoms with Crippen LogP contribution in [0.15, 0.2) is 60.8 Å². The quantitative estimate of drug-likeness (QED) is 0.578. The van der Waals surface area contributed by atoms with Crippen molar-refractivity contribution in [3.63, 3.8) is 0 Å². The van der Waals surface area contributed by atoms with Crippen LogP contribution in [0.3, 0.4) is 0 Å². The van der Waals surface area contributed by atoms with Crippen molar-refractivity contribution in [1.82, 2.24) is 10.3 Å². The number of hydrogen-bond acceptors (Lipinski definition) is 4. The van der Waals surface area contributed by atoms with Crippen LogP contribution in [0.1, 0.15) is 28.4 Å². The number of halogens is 2. The van der Waals surface area contributed by atoms with Crippen molar-refractivity contribution >= 4 is 23.5 Å². The lowest BCUT2D eigenvalue weighted by atomic mass is 10.0. The molecule has 30 heavy (non-hydrogen) atoms. The van der Waals surface area contributed by atoms with E-state index in [1.807, 2.05) is 0 Å². The Kier molecular flexibility index (Phi) is 6.64. The van der Waals surface area contributed by atoms with Gasteiger partial charge in [-0.25, -0.2) is 9.37 Å². The van der Waals surface area contributed by atoms with E-state index in [0.717, 1.165) is 0 Å². The van der Waals surface area contributed by atoms with E-state index in [1.54, 1.807) is 42.5 Å². The number of aliphatic carboxylic acids is 1. The molecule has 1 aromatic heterocycles. The van der Waals surface area contributed by atoms with Gasteiger partial charge in [0.1, 0.15) is 5.82 Å². The fraction of sp³-hybridized carbons (Fsp3) is 0.136. The van der Waals surface area contributed by atoms with Crippen LogP contribution in [0.4, 0.5) is 4.39 Å². The van der Waals surface area contributed by atoms with E-state index in [-0.39, 0.29) is 17.9 Å². The summed E-state index contributed by atoms with van der Waals surface area (Å²) >= 11 is 6.19. The summed E-state index contributed by atoms with van der Waals surface area (Å²) in [6, 6.07) is 13.1. The maximum absolute atomic E-state index is 13.3. The molecule has 2 aromatic carbocycles. The number of ether oxygens (including phenoxy) is 1. The summed E-state index contributed by atoms with van der Waals surface area (Å²) in [5.74, 6) is -1.73. The van der Waals surface area contributed by atoms with Gasteiger partial charge < -0.3 is 15.2 Å². The van der Waals surface area contributed by atoms with Crippen LogP contribution in [0.25, 0.3) is 11.1 Å². The first-order valence-electron chi connectivity index (χ1n) is 8.96. The minimum atomic E-state index is -1.08. The van der Waals surface area contributed by atoms with E-state index in [0.29, 0.717) is 21.7 Å². The SMILES string of the molecule is COc1ncc(C(=O)N[C@@H](CC(=O)O)c2ccccc2Cl)cc1-c1ccc(F)cc1. The second kappa shape index (κ2) is 9.37. The maximum Gasteiger partial charge on any atom is 0.305 e. The van der Waals surface area contributed by atoms with Crippen LogP contribution >= 0.6 is 11.6 Å². The van der Waals surface area contributed by atoms with E-state index in [2.05, 4.69) is 10.3 Å². The van der Waals surface area contributed by atoms with Gasteiger partial charge in [0.25, 0.3) is 5.91 Å². The van der Waals surface area contributed by atoms with Gasteiger partial charge in [-0.05, 0) is 35.4 Å². The molecule has 8 heteroatoms. The molecule has 0 aliphatic carbocycles. The predicted molar refractivity (Wildman–Crippen MR) is 110 cm³/mol. The third kappa shape index (κ3) is 4.93. The van der Waals surface area contributed by atoms with Crippen LogP contribution in [0, 0.1) is 5.82 Å². The van der Waals surface area contributed by atoms with E-state index in [9.17, 15) is 19.1 Å². The standard InChI is InChI=1S/C22H18ClFN2O4/c1-30-22-17(13-6-8-15(24)9-7-13)10-14(12-25-22)21(29)26-19(11-20(27)28)16-4-2-3-5-18(16)23/h2-10,12,19H,11H2,1H3,(H,26,29)(H,27,28)/t19-/m0/s1. The Balaban J connectivity index is 1.93. The lowest BCUT2D eigenvalue weighted by Crippen LogP contribution is -2.30. The lowest BCUT2D eigenvalue weighted by molar-refractivity contribution is -0.137. The number of aromatic nitrogens is 1. The summed E-state index contributed by atoms with van der Waals surface area (Å²) in [4.78, 5) is 28.3. The smallest absolute Gasteiger partial charge is 0.305 e. The molecule has 0 fully saturated rings. The van der Waals surface area contributed by atoms with Gasteiger partial charge in [-0.1, -0.05) is 41.9 Å². The normalized spacial score (nSPS) is 11.6. The molecule has 0 bridgehead atoms. The zero-order valence-corrected chi connectivity index (χ0v) is 16.7. The highest BCUT2D eigenvalue weighted by Crippen LogP contribution is 2.30. The molecule has 2 N–H and O–H groups in total. The third-order valence-corrected chi connectivity index (χ3v) is 4.77. The van der Waals surface area contributed by atoms with Gasteiger partial charge in [0.2, 0.25) is 5.88 Å². The summed E-state index contributed by atoms with van der Waals surface area (Å²) in [6.07, 6.45) is 0.982. The molecule has 0 saturated carbocycles. The number of rotatable bonds is 7. The fourth-order valence-corrected chi connectivity index (χ4v) is 3.26. The Bertz CT molecular complexity index is 1070. The molecule has 0 unspecified atom stereocenters. The first-order valence-corrected chi connectivity index (χ1v) is 9.34. The molecule has 1 atom stereocenters. The molecular formula is C22H18ClFN2O4. The van der Waals surface area contributed by atoms with Gasteiger partial charge in [0.15, 0.2) is 0 Å². The van der Waals surface area contributed by atoms with Gasteiger partial charge in [-0.15, -0.1) is 0 Å². The number of methoxy groups -OCH3 is 1. The summed E-state index contributed by atoms with van der Waals surface area (Å²) in [6.45, 7) is 0. The number of hydrogen-bond donors (Lipinski definition) is 2. The second-order valence-corrected chi connectivity index (χ2v) is 6.84. The maximum atomic E-state index is 13.3. The first-order chi connectivity index (χ1) is 14.4. The topological polar surface area (TPSA) is 88.5 Å². The van der Waals surface area contributed by atoms with Crippen LogP contribution in [-0.2, 0) is 4.79 Å². The van der Waals surface area contributed by atoms with Crippen molar-refractivity contribution in [2.45, 2.75) is 12.5 Å². The molecule has 6 nitrogen and oxygen atoms in total. The monoisotopic (exact) mass is 428 g/mol. The lowest BCUT2D eigenvalue weighted by Gasteiger charge is -2.19. The Morgan fingerprint density at radius 2 is 1.90 bits per heavy atom. The molecule has 0 spiro atoms. The minimum absolute atomic E-state index is 0.192. The number of nitrogens with zero attached hydrogens (tertiary/aromatic N) is 1. The summed E-state index contributed by atoms with van der Waals surface area (Å²) < 4.78 is 18.5. The fourth-order valence-electron chi connectivity index (χ4n) is 2.99. The van der Waals surface area contributed by atoms with E-state index >= 15 is 0 Å². The largest absolute Gasteiger partial charge is 0.481 e. The highest BCUT2D eigenvalue weighted by atomic mass is 35.5. The molecule has 1 amide bonds. The zero-order chi connectivity index (χ0) is 21.7. The molecule has 0 aliphatic heterocycles. The van der Waals surface area contributed by atoms with E-state index in [4.69, 9.17) is 16.3 Å². The summed E-state index contributed by atoms with van der Waals surface area (Å²) in [7, 11) is 1.44. The van der Waals surface area contributed by atoms with Gasteiger partial charge in [0, 0.05) is 16.8 Å². The van der Waals surface area contributed by atoms with Crippen LogP contribution < -0.4 is 10.1 Å². The van der Waals surface area contributed by atoms with Crippen molar-refractivity contribution in [3.05, 3.63) is 82.8 Å². The third-order valence-electron chi connectivity index (χ3n) is 4.43. The highest BCUT2D eigenvalue weighted by molar-refractivity contribution is 6.31. The van der Waals surface area contributed by atoms with Crippen molar-refractivity contribution < 1.29 is 23.8 Å². The Hall–Kier alpha value is -3.45. The molecule has 3 rings (SSSR count). The number of nitrogens with one attached hydrogen (secondary N) is 1. The Labute approximate surface area is 177 Å². The Morgan fingerprint density at radius 1 is 1.20 bits per heavy atom. The number of carboxylic acid groups (broad SMARTS) is 1. The molecule has 0 radical (unpaired) electrons. The number of benzene rings is 2. The average Bonchev–Trinajstić information content (AvgIpc) is 2.73. The van der Waals surface area contributed by atoms with Gasteiger partial charge in [0.05, 0.1) is 25.1 Å². The number of amides is 1.